The molecule has 0 aliphatic heterocycles. The molecule has 0 fully saturated rings. The van der Waals surface area contributed by atoms with Gasteiger partial charge in [-0.3, -0.25) is 0 Å². The first-order valence-electron chi connectivity index (χ1n) is 4.51. The quantitative estimate of drug-likeness (QED) is 0.555. The van der Waals surface area contributed by atoms with Crippen molar-refractivity contribution in [2.45, 2.75) is 6.42 Å². The van der Waals surface area contributed by atoms with Crippen molar-refractivity contribution in [3.8, 4) is 12.0 Å². The fourth-order valence-electron chi connectivity index (χ4n) is 0.839. The van der Waals surface area contributed by atoms with Gasteiger partial charge in [0.15, 0.2) is 0 Å². The summed E-state index contributed by atoms with van der Waals surface area (Å²) in [5.74, 6) is 0.412. The van der Waals surface area contributed by atoms with Gasteiger partial charge in [0.2, 0.25) is 5.95 Å². The van der Waals surface area contributed by atoms with Crippen LogP contribution in [-0.4, -0.2) is 35.7 Å². The van der Waals surface area contributed by atoms with Crippen LogP contribution >= 0.6 is 0 Å². The van der Waals surface area contributed by atoms with Crippen LogP contribution in [0.2, 0.25) is 0 Å². The van der Waals surface area contributed by atoms with Crippen LogP contribution in [0.25, 0.3) is 0 Å². The maximum atomic E-state index is 5.28. The second-order valence-electron chi connectivity index (χ2n) is 2.60. The largest absolute Gasteiger partial charge is 0.467 e. The number of aromatic nitrogens is 3. The fraction of sp³-hybridized carbons (Fsp3) is 0.444. The summed E-state index contributed by atoms with van der Waals surface area (Å²) in [7, 11) is 3.20. The number of nitrogens with one attached hydrogen (secondary N) is 1. The Morgan fingerprint density at radius 3 is 2.67 bits per heavy atom. The molecule has 1 N–H and O–H groups in total. The minimum atomic E-state index is 0.225. The minimum Gasteiger partial charge on any atom is -0.467 e. The van der Waals surface area contributed by atoms with Gasteiger partial charge in [-0.05, 0) is 6.42 Å². The zero-order valence-corrected chi connectivity index (χ0v) is 8.86. The molecule has 0 saturated heterocycles. The van der Waals surface area contributed by atoms with Crippen molar-refractivity contribution in [2.24, 2.45) is 0 Å². The zero-order valence-electron chi connectivity index (χ0n) is 8.86. The van der Waals surface area contributed by atoms with E-state index in [0.29, 0.717) is 12.6 Å². The Morgan fingerprint density at radius 1 is 1.33 bits per heavy atom. The summed E-state index contributed by atoms with van der Waals surface area (Å²) in [4.78, 5) is 11.9. The monoisotopic (exact) mass is 210 g/mol. The number of rotatable bonds is 6. The number of ether oxygens (including phenoxy) is 2. The Bertz CT molecular complexity index is 308. The molecule has 0 atom stereocenters. The summed E-state index contributed by atoms with van der Waals surface area (Å²) in [6.07, 6.45) is 2.50. The molecular formula is C9H14N4O2. The third-order valence-electron chi connectivity index (χ3n) is 1.55. The van der Waals surface area contributed by atoms with Crippen molar-refractivity contribution in [1.82, 2.24) is 15.0 Å². The highest BCUT2D eigenvalue weighted by atomic mass is 16.5. The Balaban J connectivity index is 2.72. The van der Waals surface area contributed by atoms with Gasteiger partial charge >= 0.3 is 12.0 Å². The van der Waals surface area contributed by atoms with Gasteiger partial charge in [0.1, 0.15) is 0 Å². The van der Waals surface area contributed by atoms with Gasteiger partial charge in [0.25, 0.3) is 0 Å². The predicted molar refractivity (Wildman–Crippen MR) is 56.2 cm³/mol. The maximum absolute atomic E-state index is 5.28. The zero-order chi connectivity index (χ0) is 11.1. The van der Waals surface area contributed by atoms with Crippen LogP contribution < -0.4 is 14.8 Å². The Kier molecular flexibility index (Phi) is 4.33. The molecule has 0 bridgehead atoms. The van der Waals surface area contributed by atoms with Gasteiger partial charge in [-0.25, -0.2) is 0 Å². The highest BCUT2D eigenvalue weighted by Gasteiger charge is 2.05. The first-order valence-corrected chi connectivity index (χ1v) is 4.51. The van der Waals surface area contributed by atoms with E-state index < -0.39 is 0 Å². The van der Waals surface area contributed by atoms with Crippen molar-refractivity contribution < 1.29 is 9.47 Å². The molecule has 0 amide bonds. The van der Waals surface area contributed by atoms with Gasteiger partial charge in [-0.1, -0.05) is 6.08 Å². The van der Waals surface area contributed by atoms with Crippen LogP contribution in [0.3, 0.4) is 0 Å². The summed E-state index contributed by atoms with van der Waals surface area (Å²) in [6.45, 7) is 4.08. The Hall–Kier alpha value is -1.85. The third-order valence-corrected chi connectivity index (χ3v) is 1.55. The van der Waals surface area contributed by atoms with Crippen LogP contribution in [0, 0.1) is 0 Å². The van der Waals surface area contributed by atoms with E-state index in [2.05, 4.69) is 26.8 Å². The lowest BCUT2D eigenvalue weighted by atomic mass is 10.5. The van der Waals surface area contributed by atoms with Crippen molar-refractivity contribution in [2.75, 3.05) is 26.1 Å². The van der Waals surface area contributed by atoms with E-state index in [1.165, 1.54) is 7.11 Å². The van der Waals surface area contributed by atoms with Crippen LogP contribution in [0.5, 0.6) is 12.0 Å². The van der Waals surface area contributed by atoms with Gasteiger partial charge in [-0.2, -0.15) is 9.97 Å². The van der Waals surface area contributed by atoms with Crippen molar-refractivity contribution in [1.29, 1.82) is 0 Å². The Morgan fingerprint density at radius 2 is 2.07 bits per heavy atom. The average Bonchev–Trinajstić information content (AvgIpc) is 2.29. The second kappa shape index (κ2) is 5.79. The third kappa shape index (κ3) is 3.41. The smallest absolute Gasteiger partial charge is 0.324 e. The molecule has 6 nitrogen and oxygen atoms in total. The molecule has 0 aliphatic carbocycles. The number of methoxy groups -OCH3 is 1. The molecule has 0 unspecified atom stereocenters. The van der Waals surface area contributed by atoms with E-state index >= 15 is 0 Å². The fourth-order valence-corrected chi connectivity index (χ4v) is 0.839. The number of hydrogen-bond donors (Lipinski definition) is 1. The molecule has 0 radical (unpaired) electrons. The van der Waals surface area contributed by atoms with Crippen LogP contribution in [0.1, 0.15) is 6.42 Å². The summed E-state index contributed by atoms with van der Waals surface area (Å²) in [5, 5.41) is 2.79. The van der Waals surface area contributed by atoms with E-state index in [0.717, 1.165) is 6.42 Å². The summed E-state index contributed by atoms with van der Waals surface area (Å²) in [6, 6.07) is 0.469. The SMILES string of the molecule is C=CCCOc1nc(NC)nc(OC)n1. The minimum absolute atomic E-state index is 0.225. The first kappa shape index (κ1) is 11.2. The maximum Gasteiger partial charge on any atom is 0.324 e. The highest BCUT2D eigenvalue weighted by Crippen LogP contribution is 2.11. The first-order chi connectivity index (χ1) is 7.30. The van der Waals surface area contributed by atoms with Crippen molar-refractivity contribution in [3.63, 3.8) is 0 Å². The predicted octanol–water partition coefficient (Wildman–Crippen LogP) is 0.877. The van der Waals surface area contributed by atoms with Crippen molar-refractivity contribution in [3.05, 3.63) is 12.7 Å². The number of nitrogens with zero attached hydrogens (tertiary/aromatic N) is 3. The van der Waals surface area contributed by atoms with Crippen molar-refractivity contribution >= 4 is 5.95 Å². The summed E-state index contributed by atoms with van der Waals surface area (Å²) in [5.41, 5.74) is 0. The normalized spacial score (nSPS) is 9.47. The Labute approximate surface area is 88.4 Å². The molecule has 82 valence electrons. The van der Waals surface area contributed by atoms with E-state index in [9.17, 15) is 0 Å². The van der Waals surface area contributed by atoms with Crippen LogP contribution in [-0.2, 0) is 0 Å². The molecule has 0 aliphatic rings. The molecule has 0 aromatic carbocycles. The standard InChI is InChI=1S/C9H14N4O2/c1-4-5-6-15-9-12-7(10-2)11-8(13-9)14-3/h4H,1,5-6H2,2-3H3,(H,10,11,12,13). The van der Waals surface area contributed by atoms with E-state index in [1.54, 1.807) is 13.1 Å². The lowest BCUT2D eigenvalue weighted by molar-refractivity contribution is 0.287. The molecule has 1 heterocycles. The molecule has 1 aromatic rings. The molecule has 15 heavy (non-hydrogen) atoms. The average molecular weight is 210 g/mol. The van der Waals surface area contributed by atoms with Gasteiger partial charge < -0.3 is 14.8 Å². The van der Waals surface area contributed by atoms with E-state index in [-0.39, 0.29) is 12.0 Å². The van der Waals surface area contributed by atoms with E-state index in [1.807, 2.05) is 0 Å². The molecule has 1 rings (SSSR count). The van der Waals surface area contributed by atoms with Gasteiger partial charge in [0.05, 0.1) is 13.7 Å². The highest BCUT2D eigenvalue weighted by molar-refractivity contribution is 5.26. The van der Waals surface area contributed by atoms with Crippen LogP contribution in [0.15, 0.2) is 12.7 Å². The van der Waals surface area contributed by atoms with E-state index in [4.69, 9.17) is 9.47 Å². The van der Waals surface area contributed by atoms with Gasteiger partial charge in [-0.15, -0.1) is 11.6 Å². The second-order valence-corrected chi connectivity index (χ2v) is 2.60. The summed E-state index contributed by atoms with van der Waals surface area (Å²) < 4.78 is 10.2. The molecule has 1 aromatic heterocycles. The molecule has 0 spiro atoms. The lowest BCUT2D eigenvalue weighted by Crippen LogP contribution is -2.06. The molecular weight excluding hydrogens is 196 g/mol. The summed E-state index contributed by atoms with van der Waals surface area (Å²) >= 11 is 0. The molecule has 6 heteroatoms. The lowest BCUT2D eigenvalue weighted by Gasteiger charge is -2.05. The molecule has 0 saturated carbocycles. The number of anilines is 1. The van der Waals surface area contributed by atoms with Gasteiger partial charge in [0, 0.05) is 7.05 Å². The topological polar surface area (TPSA) is 69.2 Å². The number of hydrogen-bond acceptors (Lipinski definition) is 6. The van der Waals surface area contributed by atoms with Crippen LogP contribution in [0.4, 0.5) is 5.95 Å².